The van der Waals surface area contributed by atoms with Crippen LogP contribution in [-0.4, -0.2) is 29.0 Å². The van der Waals surface area contributed by atoms with Gasteiger partial charge in [0.15, 0.2) is 0 Å². The molecule has 0 aliphatic heterocycles. The zero-order chi connectivity index (χ0) is 14.3. The molecule has 1 aromatic carbocycles. The van der Waals surface area contributed by atoms with Gasteiger partial charge in [0, 0.05) is 23.8 Å². The fourth-order valence-corrected chi connectivity index (χ4v) is 2.33. The number of anilines is 1. The van der Waals surface area contributed by atoms with E-state index in [-0.39, 0.29) is 18.2 Å². The van der Waals surface area contributed by atoms with Gasteiger partial charge in [-0.15, -0.1) is 0 Å². The Bertz CT molecular complexity index is 448. The van der Waals surface area contributed by atoms with Gasteiger partial charge in [0.2, 0.25) is 5.91 Å². The number of rotatable bonds is 7. The molecule has 2 N–H and O–H groups in total. The molecule has 0 aliphatic carbocycles. The van der Waals surface area contributed by atoms with E-state index in [9.17, 15) is 9.59 Å². The van der Waals surface area contributed by atoms with E-state index in [1.165, 1.54) is 0 Å². The number of thioether (sulfide) groups is 1. The highest BCUT2D eigenvalue weighted by Crippen LogP contribution is 2.18. The summed E-state index contributed by atoms with van der Waals surface area (Å²) in [4.78, 5) is 22.6. The van der Waals surface area contributed by atoms with Gasteiger partial charge in [-0.05, 0) is 24.3 Å². The Balaban J connectivity index is 2.71. The normalized spacial score (nSPS) is 11.9. The van der Waals surface area contributed by atoms with E-state index in [1.54, 1.807) is 17.8 Å². The number of carboxylic acids is 1. The van der Waals surface area contributed by atoms with E-state index in [0.29, 0.717) is 12.1 Å². The number of aliphatic carboxylic acids is 1. The minimum atomic E-state index is -0.836. The van der Waals surface area contributed by atoms with E-state index in [4.69, 9.17) is 5.11 Å². The number of amides is 1. The van der Waals surface area contributed by atoms with Gasteiger partial charge in [0.1, 0.15) is 0 Å². The van der Waals surface area contributed by atoms with Crippen molar-refractivity contribution in [1.82, 2.24) is 0 Å². The summed E-state index contributed by atoms with van der Waals surface area (Å²) in [6.07, 6.45) is 2.44. The van der Waals surface area contributed by atoms with Crippen LogP contribution in [0, 0.1) is 5.92 Å². The molecule has 1 aromatic rings. The van der Waals surface area contributed by atoms with Gasteiger partial charge in [0.25, 0.3) is 0 Å². The monoisotopic (exact) mass is 281 g/mol. The van der Waals surface area contributed by atoms with Gasteiger partial charge in [0.05, 0.1) is 0 Å². The number of benzene rings is 1. The predicted molar refractivity (Wildman–Crippen MR) is 78.6 cm³/mol. The van der Waals surface area contributed by atoms with Gasteiger partial charge < -0.3 is 10.4 Å². The van der Waals surface area contributed by atoms with E-state index >= 15 is 0 Å². The summed E-state index contributed by atoms with van der Waals surface area (Å²) in [5, 5.41) is 11.6. The van der Waals surface area contributed by atoms with Crippen LogP contribution in [0.25, 0.3) is 0 Å². The highest BCUT2D eigenvalue weighted by atomic mass is 32.2. The number of carboxylic acid groups (broad SMARTS) is 1. The van der Waals surface area contributed by atoms with Crippen molar-refractivity contribution < 1.29 is 14.7 Å². The molecule has 1 atom stereocenters. The summed E-state index contributed by atoms with van der Waals surface area (Å²) in [6, 6.07) is 7.33. The molecule has 1 amide bonds. The number of carbonyl (C=O) groups excluding carboxylic acids is 1. The molecule has 0 saturated carbocycles. The molecule has 0 saturated heterocycles. The van der Waals surface area contributed by atoms with Crippen molar-refractivity contribution >= 4 is 29.3 Å². The van der Waals surface area contributed by atoms with Crippen LogP contribution in [0.3, 0.4) is 0 Å². The molecule has 0 aromatic heterocycles. The highest BCUT2D eigenvalue weighted by molar-refractivity contribution is 7.98. The van der Waals surface area contributed by atoms with Crippen LogP contribution in [0.15, 0.2) is 24.3 Å². The lowest BCUT2D eigenvalue weighted by atomic mass is 10.1. The zero-order valence-corrected chi connectivity index (χ0v) is 12.0. The van der Waals surface area contributed by atoms with Crippen LogP contribution < -0.4 is 5.32 Å². The summed E-state index contributed by atoms with van der Waals surface area (Å²) >= 11 is 1.63. The smallest absolute Gasteiger partial charge is 0.303 e. The van der Waals surface area contributed by atoms with Crippen LogP contribution in [-0.2, 0) is 16.0 Å². The predicted octanol–water partition coefficient (Wildman–Crippen LogP) is 2.64. The molecular formula is C14H19NO3S. The first-order valence-electron chi connectivity index (χ1n) is 6.14. The van der Waals surface area contributed by atoms with Crippen molar-refractivity contribution in [3.05, 3.63) is 29.8 Å². The van der Waals surface area contributed by atoms with E-state index in [0.717, 1.165) is 11.3 Å². The summed E-state index contributed by atoms with van der Waals surface area (Å²) in [6.45, 7) is 1.88. The van der Waals surface area contributed by atoms with Crippen LogP contribution >= 0.6 is 11.8 Å². The summed E-state index contributed by atoms with van der Waals surface area (Å²) in [5.74, 6) is -0.167. The highest BCUT2D eigenvalue weighted by Gasteiger charge is 2.14. The number of nitrogens with one attached hydrogen (secondary N) is 1. The molecule has 19 heavy (non-hydrogen) atoms. The number of hydrogen-bond acceptors (Lipinski definition) is 3. The van der Waals surface area contributed by atoms with Crippen LogP contribution in [0.4, 0.5) is 5.69 Å². The first-order chi connectivity index (χ1) is 9.04. The molecule has 5 heteroatoms. The molecule has 1 unspecified atom stereocenters. The standard InChI is InChI=1S/C14H19NO3S/c1-10(9-19-2)14(18)15-12-6-4-3-5-11(12)7-8-13(16)17/h3-6,10H,7-9H2,1-2H3,(H,15,18)(H,16,17). The maximum Gasteiger partial charge on any atom is 0.303 e. The van der Waals surface area contributed by atoms with Crippen molar-refractivity contribution in [2.45, 2.75) is 19.8 Å². The Morgan fingerprint density at radius 3 is 2.68 bits per heavy atom. The average Bonchev–Trinajstić information content (AvgIpc) is 2.37. The lowest BCUT2D eigenvalue weighted by Gasteiger charge is -2.14. The summed E-state index contributed by atoms with van der Waals surface area (Å²) in [7, 11) is 0. The quantitative estimate of drug-likeness (QED) is 0.806. The molecule has 0 radical (unpaired) electrons. The molecule has 4 nitrogen and oxygen atoms in total. The Kier molecular flexibility index (Phi) is 6.42. The first-order valence-corrected chi connectivity index (χ1v) is 7.53. The zero-order valence-electron chi connectivity index (χ0n) is 11.2. The van der Waals surface area contributed by atoms with Gasteiger partial charge in [-0.3, -0.25) is 9.59 Å². The number of para-hydroxylation sites is 1. The third-order valence-electron chi connectivity index (χ3n) is 2.75. The Hall–Kier alpha value is -1.49. The van der Waals surface area contributed by atoms with E-state index in [2.05, 4.69) is 5.32 Å². The van der Waals surface area contributed by atoms with Gasteiger partial charge in [-0.25, -0.2) is 0 Å². The maximum atomic E-state index is 12.0. The second kappa shape index (κ2) is 7.84. The lowest BCUT2D eigenvalue weighted by molar-refractivity contribution is -0.136. The third-order valence-corrected chi connectivity index (χ3v) is 3.58. The molecule has 0 bridgehead atoms. The van der Waals surface area contributed by atoms with Crippen molar-refractivity contribution in [2.75, 3.05) is 17.3 Å². The van der Waals surface area contributed by atoms with Gasteiger partial charge >= 0.3 is 5.97 Å². The van der Waals surface area contributed by atoms with Crippen molar-refractivity contribution in [3.8, 4) is 0 Å². The molecule has 0 heterocycles. The molecule has 104 valence electrons. The van der Waals surface area contributed by atoms with Gasteiger partial charge in [-0.2, -0.15) is 11.8 Å². The fourth-order valence-electron chi connectivity index (χ4n) is 1.68. The van der Waals surface area contributed by atoms with E-state index < -0.39 is 5.97 Å². The first kappa shape index (κ1) is 15.6. The van der Waals surface area contributed by atoms with Crippen LogP contribution in [0.2, 0.25) is 0 Å². The molecule has 0 fully saturated rings. The second-order valence-corrected chi connectivity index (χ2v) is 5.31. The SMILES string of the molecule is CSCC(C)C(=O)Nc1ccccc1CCC(=O)O. The summed E-state index contributed by atoms with van der Waals surface area (Å²) < 4.78 is 0. The minimum Gasteiger partial charge on any atom is -0.481 e. The van der Waals surface area contributed by atoms with Crippen LogP contribution in [0.1, 0.15) is 18.9 Å². The molecule has 0 spiro atoms. The Labute approximate surface area is 117 Å². The summed E-state index contributed by atoms with van der Waals surface area (Å²) in [5.41, 5.74) is 1.57. The Morgan fingerprint density at radius 1 is 1.37 bits per heavy atom. The number of hydrogen-bond donors (Lipinski definition) is 2. The van der Waals surface area contributed by atoms with Crippen molar-refractivity contribution in [1.29, 1.82) is 0 Å². The third kappa shape index (κ3) is 5.34. The van der Waals surface area contributed by atoms with E-state index in [1.807, 2.05) is 31.4 Å². The minimum absolute atomic E-state index is 0.0304. The largest absolute Gasteiger partial charge is 0.481 e. The maximum absolute atomic E-state index is 12.0. The lowest BCUT2D eigenvalue weighted by Crippen LogP contribution is -2.22. The Morgan fingerprint density at radius 2 is 2.05 bits per heavy atom. The molecule has 1 rings (SSSR count). The number of aryl methyl sites for hydroxylation is 1. The number of carbonyl (C=O) groups is 2. The van der Waals surface area contributed by atoms with Crippen molar-refractivity contribution in [3.63, 3.8) is 0 Å². The molecular weight excluding hydrogens is 262 g/mol. The molecule has 0 aliphatic rings. The van der Waals surface area contributed by atoms with Crippen LogP contribution in [0.5, 0.6) is 0 Å². The van der Waals surface area contributed by atoms with Crippen molar-refractivity contribution in [2.24, 2.45) is 5.92 Å². The second-order valence-electron chi connectivity index (χ2n) is 4.40. The topological polar surface area (TPSA) is 66.4 Å². The fraction of sp³-hybridized carbons (Fsp3) is 0.429. The average molecular weight is 281 g/mol. The van der Waals surface area contributed by atoms with Gasteiger partial charge in [-0.1, -0.05) is 25.1 Å².